The molecule has 2 N–H and O–H groups in total. The number of methoxy groups -OCH3 is 1. The molecule has 0 aliphatic heterocycles. The highest BCUT2D eigenvalue weighted by Crippen LogP contribution is 2.31. The largest absolute Gasteiger partial charge is 0.497 e. The molecule has 2 aromatic carbocycles. The van der Waals surface area contributed by atoms with Crippen LogP contribution < -0.4 is 14.8 Å². The third-order valence-electron chi connectivity index (χ3n) is 4.13. The molecule has 6 nitrogen and oxygen atoms in total. The maximum absolute atomic E-state index is 12.5. The summed E-state index contributed by atoms with van der Waals surface area (Å²) in [7, 11) is 1.61. The van der Waals surface area contributed by atoms with E-state index in [1.807, 2.05) is 24.3 Å². The van der Waals surface area contributed by atoms with Crippen molar-refractivity contribution in [3.05, 3.63) is 59.2 Å². The number of nitrogens with one attached hydrogen (secondary N) is 2. The number of anilines is 1. The fourth-order valence-corrected chi connectivity index (χ4v) is 2.90. The van der Waals surface area contributed by atoms with Gasteiger partial charge in [-0.1, -0.05) is 37.1 Å². The third kappa shape index (κ3) is 4.84. The summed E-state index contributed by atoms with van der Waals surface area (Å²) >= 11 is 5.86. The molecular formula is C21H22ClN3O3. The second-order valence-corrected chi connectivity index (χ2v) is 6.63. The van der Waals surface area contributed by atoms with Gasteiger partial charge in [0.25, 0.3) is 5.91 Å². The Morgan fingerprint density at radius 3 is 2.68 bits per heavy atom. The molecule has 0 unspecified atom stereocenters. The molecule has 0 spiro atoms. The van der Waals surface area contributed by atoms with Crippen LogP contribution in [0.1, 0.15) is 19.0 Å². The first-order valence-electron chi connectivity index (χ1n) is 9.00. The fourth-order valence-electron chi connectivity index (χ4n) is 2.78. The Morgan fingerprint density at radius 1 is 1.18 bits per heavy atom. The van der Waals surface area contributed by atoms with E-state index in [0.717, 1.165) is 29.8 Å². The minimum absolute atomic E-state index is 0.115. The molecule has 3 aromatic rings. The Kier molecular flexibility index (Phi) is 6.55. The monoisotopic (exact) mass is 399 g/mol. The zero-order valence-electron chi connectivity index (χ0n) is 15.8. The molecule has 7 heteroatoms. The van der Waals surface area contributed by atoms with E-state index < -0.39 is 0 Å². The first kappa shape index (κ1) is 19.8. The highest BCUT2D eigenvalue weighted by atomic mass is 35.5. The molecule has 28 heavy (non-hydrogen) atoms. The lowest BCUT2D eigenvalue weighted by atomic mass is 10.1. The molecule has 0 aliphatic rings. The molecule has 0 saturated heterocycles. The van der Waals surface area contributed by atoms with Crippen LogP contribution in [0.3, 0.4) is 0 Å². The standard InChI is InChI=1S/C21H22ClN3O3/c1-3-5-18-21(20(25-24-18)14-6-4-7-17(12-14)27-2)23-19(26)13-28-16-10-8-15(22)9-11-16/h4,6-12H,3,5,13H2,1-2H3,(H,23,26)(H,24,25). The van der Waals surface area contributed by atoms with Crippen molar-refractivity contribution >= 4 is 23.2 Å². The summed E-state index contributed by atoms with van der Waals surface area (Å²) in [5.41, 5.74) is 3.06. The van der Waals surface area contributed by atoms with E-state index in [2.05, 4.69) is 22.4 Å². The Balaban J connectivity index is 1.78. The summed E-state index contributed by atoms with van der Waals surface area (Å²) in [6.07, 6.45) is 1.69. The van der Waals surface area contributed by atoms with Crippen molar-refractivity contribution in [1.82, 2.24) is 10.2 Å². The molecule has 146 valence electrons. The van der Waals surface area contributed by atoms with Crippen molar-refractivity contribution < 1.29 is 14.3 Å². The van der Waals surface area contributed by atoms with Gasteiger partial charge in [0.15, 0.2) is 6.61 Å². The van der Waals surface area contributed by atoms with Crippen molar-refractivity contribution in [3.63, 3.8) is 0 Å². The Bertz CT molecular complexity index is 938. The number of halogens is 1. The molecule has 0 aliphatic carbocycles. The number of benzene rings is 2. The summed E-state index contributed by atoms with van der Waals surface area (Å²) < 4.78 is 10.8. The highest BCUT2D eigenvalue weighted by Gasteiger charge is 2.17. The minimum atomic E-state index is -0.266. The average molecular weight is 400 g/mol. The number of hydrogen-bond donors (Lipinski definition) is 2. The third-order valence-corrected chi connectivity index (χ3v) is 4.38. The maximum atomic E-state index is 12.5. The molecule has 3 rings (SSSR count). The van der Waals surface area contributed by atoms with Crippen LogP contribution >= 0.6 is 11.6 Å². The van der Waals surface area contributed by atoms with Gasteiger partial charge in [0, 0.05) is 10.6 Å². The van der Waals surface area contributed by atoms with Gasteiger partial charge in [-0.3, -0.25) is 9.89 Å². The smallest absolute Gasteiger partial charge is 0.262 e. The molecular weight excluding hydrogens is 378 g/mol. The van der Waals surface area contributed by atoms with E-state index in [4.69, 9.17) is 21.1 Å². The summed E-state index contributed by atoms with van der Waals surface area (Å²) in [6, 6.07) is 14.4. The Labute approximate surface area is 168 Å². The van der Waals surface area contributed by atoms with Crippen LogP contribution in [-0.4, -0.2) is 29.8 Å². The topological polar surface area (TPSA) is 76.2 Å². The number of aromatic nitrogens is 2. The first-order valence-corrected chi connectivity index (χ1v) is 9.38. The van der Waals surface area contributed by atoms with Crippen LogP contribution in [0.25, 0.3) is 11.3 Å². The number of H-pyrrole nitrogens is 1. The van der Waals surface area contributed by atoms with E-state index in [0.29, 0.717) is 22.2 Å². The normalized spacial score (nSPS) is 10.5. The van der Waals surface area contributed by atoms with Gasteiger partial charge in [-0.2, -0.15) is 5.10 Å². The highest BCUT2D eigenvalue weighted by molar-refractivity contribution is 6.30. The second-order valence-electron chi connectivity index (χ2n) is 6.20. The average Bonchev–Trinajstić information content (AvgIpc) is 3.10. The Morgan fingerprint density at radius 2 is 1.96 bits per heavy atom. The fraction of sp³-hybridized carbons (Fsp3) is 0.238. The van der Waals surface area contributed by atoms with Crippen LogP contribution in [0.5, 0.6) is 11.5 Å². The van der Waals surface area contributed by atoms with Crippen LogP contribution in [0, 0.1) is 0 Å². The van der Waals surface area contributed by atoms with Gasteiger partial charge >= 0.3 is 0 Å². The van der Waals surface area contributed by atoms with Gasteiger partial charge in [-0.15, -0.1) is 0 Å². The lowest BCUT2D eigenvalue weighted by Crippen LogP contribution is -2.21. The summed E-state index contributed by atoms with van der Waals surface area (Å²) in [5.74, 6) is 1.03. The Hall–Kier alpha value is -2.99. The van der Waals surface area contributed by atoms with E-state index in [1.54, 1.807) is 31.4 Å². The summed E-state index contributed by atoms with van der Waals surface area (Å²) in [5, 5.41) is 11.0. The van der Waals surface area contributed by atoms with Gasteiger partial charge in [0.05, 0.1) is 18.5 Å². The zero-order valence-corrected chi connectivity index (χ0v) is 16.5. The van der Waals surface area contributed by atoms with E-state index in [-0.39, 0.29) is 12.5 Å². The van der Waals surface area contributed by atoms with Crippen molar-refractivity contribution in [2.45, 2.75) is 19.8 Å². The van der Waals surface area contributed by atoms with Crippen LogP contribution in [0.4, 0.5) is 5.69 Å². The zero-order chi connectivity index (χ0) is 19.9. The summed E-state index contributed by atoms with van der Waals surface area (Å²) in [4.78, 5) is 12.5. The predicted octanol–water partition coefficient (Wildman–Crippen LogP) is 4.71. The molecule has 1 heterocycles. The predicted molar refractivity (Wildman–Crippen MR) is 110 cm³/mol. The molecule has 0 saturated carbocycles. The summed E-state index contributed by atoms with van der Waals surface area (Å²) in [6.45, 7) is 1.96. The number of ether oxygens (including phenoxy) is 2. The molecule has 0 radical (unpaired) electrons. The lowest BCUT2D eigenvalue weighted by molar-refractivity contribution is -0.118. The van der Waals surface area contributed by atoms with Crippen LogP contribution in [0.15, 0.2) is 48.5 Å². The maximum Gasteiger partial charge on any atom is 0.262 e. The number of hydrogen-bond acceptors (Lipinski definition) is 4. The first-order chi connectivity index (χ1) is 13.6. The number of carbonyl (C=O) groups excluding carboxylic acids is 1. The van der Waals surface area contributed by atoms with Gasteiger partial charge < -0.3 is 14.8 Å². The number of aryl methyl sites for hydroxylation is 1. The van der Waals surface area contributed by atoms with Gasteiger partial charge in [-0.25, -0.2) is 0 Å². The van der Waals surface area contributed by atoms with Crippen molar-refractivity contribution in [2.75, 3.05) is 19.0 Å². The number of amides is 1. The lowest BCUT2D eigenvalue weighted by Gasteiger charge is -2.10. The molecule has 0 bridgehead atoms. The van der Waals surface area contributed by atoms with Gasteiger partial charge in [-0.05, 0) is 42.8 Å². The van der Waals surface area contributed by atoms with Gasteiger partial charge in [0.1, 0.15) is 17.2 Å². The van der Waals surface area contributed by atoms with Crippen molar-refractivity contribution in [1.29, 1.82) is 0 Å². The van der Waals surface area contributed by atoms with Crippen molar-refractivity contribution in [2.24, 2.45) is 0 Å². The molecule has 0 atom stereocenters. The number of aromatic amines is 1. The SMILES string of the molecule is CCCc1[nH]nc(-c2cccc(OC)c2)c1NC(=O)COc1ccc(Cl)cc1. The quantitative estimate of drug-likeness (QED) is 0.575. The van der Waals surface area contributed by atoms with Crippen molar-refractivity contribution in [3.8, 4) is 22.8 Å². The van der Waals surface area contributed by atoms with E-state index in [1.165, 1.54) is 0 Å². The van der Waals surface area contributed by atoms with E-state index >= 15 is 0 Å². The van der Waals surface area contributed by atoms with Gasteiger partial charge in [0.2, 0.25) is 0 Å². The minimum Gasteiger partial charge on any atom is -0.497 e. The second kappa shape index (κ2) is 9.28. The van der Waals surface area contributed by atoms with Crippen LogP contribution in [-0.2, 0) is 11.2 Å². The van der Waals surface area contributed by atoms with Crippen LogP contribution in [0.2, 0.25) is 5.02 Å². The number of nitrogens with zero attached hydrogens (tertiary/aromatic N) is 1. The van der Waals surface area contributed by atoms with E-state index in [9.17, 15) is 4.79 Å². The molecule has 1 aromatic heterocycles. The number of rotatable bonds is 8. The molecule has 1 amide bonds. The number of carbonyl (C=O) groups is 1. The molecule has 0 fully saturated rings.